The van der Waals surface area contributed by atoms with Crippen molar-refractivity contribution in [2.24, 2.45) is 0 Å². The second-order valence-electron chi connectivity index (χ2n) is 5.82. The number of nitrogens with zero attached hydrogens (tertiary/aromatic N) is 1. The largest absolute Gasteiger partial charge is 0.481 e. The standard InChI is InChI=1S/C16H17ClN2O4/c1-16(2,7-6-14(20)21)18-15(22)13-9-12(19-23-13)10-4-3-5-11(17)8-10/h3-5,8-9H,6-7H2,1-2H3,(H,18,22)(H,20,21). The third-order valence-electron chi connectivity index (χ3n) is 3.27. The van der Waals surface area contributed by atoms with Crippen molar-refractivity contribution >= 4 is 23.5 Å². The van der Waals surface area contributed by atoms with E-state index in [0.29, 0.717) is 17.1 Å². The van der Waals surface area contributed by atoms with Crippen LogP contribution in [0.5, 0.6) is 0 Å². The van der Waals surface area contributed by atoms with E-state index >= 15 is 0 Å². The lowest BCUT2D eigenvalue weighted by atomic mass is 9.98. The predicted octanol–water partition coefficient (Wildman–Crippen LogP) is 3.37. The molecular weight excluding hydrogens is 320 g/mol. The van der Waals surface area contributed by atoms with Crippen molar-refractivity contribution in [1.29, 1.82) is 0 Å². The van der Waals surface area contributed by atoms with Crippen molar-refractivity contribution in [3.63, 3.8) is 0 Å². The summed E-state index contributed by atoms with van der Waals surface area (Å²) in [6.07, 6.45) is 0.279. The molecule has 0 spiro atoms. The lowest BCUT2D eigenvalue weighted by Crippen LogP contribution is -2.43. The zero-order valence-corrected chi connectivity index (χ0v) is 13.6. The van der Waals surface area contributed by atoms with Gasteiger partial charge in [0.1, 0.15) is 5.69 Å². The Labute approximate surface area is 138 Å². The predicted molar refractivity (Wildman–Crippen MR) is 85.4 cm³/mol. The first-order chi connectivity index (χ1) is 10.8. The summed E-state index contributed by atoms with van der Waals surface area (Å²) in [5, 5.41) is 15.9. The molecule has 0 saturated carbocycles. The summed E-state index contributed by atoms with van der Waals surface area (Å²) in [6.45, 7) is 3.50. The van der Waals surface area contributed by atoms with E-state index in [-0.39, 0.29) is 12.2 Å². The Bertz CT molecular complexity index is 724. The fraction of sp³-hybridized carbons (Fsp3) is 0.312. The van der Waals surface area contributed by atoms with Crippen LogP contribution in [0.4, 0.5) is 0 Å². The van der Waals surface area contributed by atoms with Gasteiger partial charge >= 0.3 is 5.97 Å². The molecule has 6 nitrogen and oxygen atoms in total. The summed E-state index contributed by atoms with van der Waals surface area (Å²) in [6, 6.07) is 8.57. The van der Waals surface area contributed by atoms with E-state index in [1.165, 1.54) is 6.07 Å². The molecule has 0 fully saturated rings. The molecule has 0 bridgehead atoms. The maximum Gasteiger partial charge on any atom is 0.303 e. The van der Waals surface area contributed by atoms with E-state index in [9.17, 15) is 9.59 Å². The smallest absolute Gasteiger partial charge is 0.303 e. The van der Waals surface area contributed by atoms with Gasteiger partial charge in [-0.25, -0.2) is 0 Å². The highest BCUT2D eigenvalue weighted by Gasteiger charge is 2.24. The van der Waals surface area contributed by atoms with Gasteiger partial charge in [-0.2, -0.15) is 0 Å². The minimum atomic E-state index is -0.907. The Kier molecular flexibility index (Phi) is 5.05. The Morgan fingerprint density at radius 1 is 1.35 bits per heavy atom. The molecule has 1 heterocycles. The number of hydrogen-bond donors (Lipinski definition) is 2. The first-order valence-corrected chi connectivity index (χ1v) is 7.41. The molecule has 2 rings (SSSR count). The molecule has 0 unspecified atom stereocenters. The Morgan fingerprint density at radius 3 is 2.74 bits per heavy atom. The van der Waals surface area contributed by atoms with Crippen LogP contribution in [0.25, 0.3) is 11.3 Å². The van der Waals surface area contributed by atoms with Crippen LogP contribution in [0.15, 0.2) is 34.9 Å². The number of amides is 1. The van der Waals surface area contributed by atoms with Gasteiger partial charge in [-0.05, 0) is 32.4 Å². The molecule has 1 aromatic carbocycles. The fourth-order valence-corrected chi connectivity index (χ4v) is 2.21. The number of rotatable bonds is 6. The van der Waals surface area contributed by atoms with E-state index in [2.05, 4.69) is 10.5 Å². The number of hydrogen-bond acceptors (Lipinski definition) is 4. The van der Waals surface area contributed by atoms with E-state index in [4.69, 9.17) is 21.2 Å². The van der Waals surface area contributed by atoms with Gasteiger partial charge in [0, 0.05) is 28.6 Å². The van der Waals surface area contributed by atoms with Crippen molar-refractivity contribution in [3.8, 4) is 11.3 Å². The molecule has 0 saturated heterocycles. The van der Waals surface area contributed by atoms with Gasteiger partial charge in [0.2, 0.25) is 5.76 Å². The van der Waals surface area contributed by atoms with Gasteiger partial charge in [-0.3, -0.25) is 9.59 Å². The number of carboxylic acid groups (broad SMARTS) is 1. The number of nitrogens with one attached hydrogen (secondary N) is 1. The maximum atomic E-state index is 12.2. The highest BCUT2D eigenvalue weighted by molar-refractivity contribution is 6.30. The van der Waals surface area contributed by atoms with Crippen LogP contribution in [0.1, 0.15) is 37.2 Å². The van der Waals surface area contributed by atoms with Crippen LogP contribution in [0.3, 0.4) is 0 Å². The zero-order valence-electron chi connectivity index (χ0n) is 12.8. The molecule has 0 aliphatic carbocycles. The van der Waals surface area contributed by atoms with Crippen LogP contribution in [0, 0.1) is 0 Å². The van der Waals surface area contributed by atoms with Gasteiger partial charge in [-0.15, -0.1) is 0 Å². The van der Waals surface area contributed by atoms with Crippen LogP contribution >= 0.6 is 11.6 Å². The van der Waals surface area contributed by atoms with Crippen molar-refractivity contribution in [1.82, 2.24) is 10.5 Å². The Balaban J connectivity index is 2.08. The molecule has 0 radical (unpaired) electrons. The molecular formula is C16H17ClN2O4. The average molecular weight is 337 g/mol. The minimum absolute atomic E-state index is 0.0303. The highest BCUT2D eigenvalue weighted by Crippen LogP contribution is 2.23. The molecule has 2 N–H and O–H groups in total. The number of aromatic nitrogens is 1. The van der Waals surface area contributed by atoms with Crippen LogP contribution in [0.2, 0.25) is 5.02 Å². The van der Waals surface area contributed by atoms with Gasteiger partial charge in [0.25, 0.3) is 5.91 Å². The van der Waals surface area contributed by atoms with Crippen molar-refractivity contribution in [2.75, 3.05) is 0 Å². The van der Waals surface area contributed by atoms with Gasteiger partial charge in [-0.1, -0.05) is 28.9 Å². The van der Waals surface area contributed by atoms with E-state index in [1.807, 2.05) is 6.07 Å². The third kappa shape index (κ3) is 4.82. The number of benzene rings is 1. The van der Waals surface area contributed by atoms with Crippen molar-refractivity contribution in [3.05, 3.63) is 41.1 Å². The van der Waals surface area contributed by atoms with Gasteiger partial charge in [0.15, 0.2) is 0 Å². The fourth-order valence-electron chi connectivity index (χ4n) is 2.02. The Hall–Kier alpha value is -2.34. The van der Waals surface area contributed by atoms with Gasteiger partial charge < -0.3 is 14.9 Å². The molecule has 0 aliphatic heterocycles. The van der Waals surface area contributed by atoms with Crippen molar-refractivity contribution in [2.45, 2.75) is 32.2 Å². The number of carbonyl (C=O) groups excluding carboxylic acids is 1. The molecule has 0 atom stereocenters. The van der Waals surface area contributed by atoms with E-state index in [0.717, 1.165) is 5.56 Å². The lowest BCUT2D eigenvalue weighted by molar-refractivity contribution is -0.137. The number of halogens is 1. The SMILES string of the molecule is CC(C)(CCC(=O)O)NC(=O)c1cc(-c2cccc(Cl)c2)no1. The summed E-state index contributed by atoms with van der Waals surface area (Å²) >= 11 is 5.93. The molecule has 23 heavy (non-hydrogen) atoms. The maximum absolute atomic E-state index is 12.2. The number of carboxylic acids is 1. The summed E-state index contributed by atoms with van der Waals surface area (Å²) in [4.78, 5) is 22.8. The molecule has 1 aromatic heterocycles. The second-order valence-corrected chi connectivity index (χ2v) is 6.25. The topological polar surface area (TPSA) is 92.4 Å². The average Bonchev–Trinajstić information content (AvgIpc) is 2.95. The second kappa shape index (κ2) is 6.83. The third-order valence-corrected chi connectivity index (χ3v) is 3.51. The summed E-state index contributed by atoms with van der Waals surface area (Å²) < 4.78 is 5.07. The molecule has 0 aliphatic rings. The van der Waals surface area contributed by atoms with E-state index < -0.39 is 17.4 Å². The molecule has 7 heteroatoms. The minimum Gasteiger partial charge on any atom is -0.481 e. The normalized spacial score (nSPS) is 11.3. The highest BCUT2D eigenvalue weighted by atomic mass is 35.5. The van der Waals surface area contributed by atoms with Crippen LogP contribution in [-0.4, -0.2) is 27.7 Å². The Morgan fingerprint density at radius 2 is 2.09 bits per heavy atom. The monoisotopic (exact) mass is 336 g/mol. The summed E-state index contributed by atoms with van der Waals surface area (Å²) in [7, 11) is 0. The zero-order chi connectivity index (χ0) is 17.0. The van der Waals surface area contributed by atoms with Crippen LogP contribution < -0.4 is 5.32 Å². The molecule has 1 amide bonds. The van der Waals surface area contributed by atoms with Gasteiger partial charge in [0.05, 0.1) is 0 Å². The number of carbonyl (C=O) groups is 2. The van der Waals surface area contributed by atoms with Crippen LogP contribution in [-0.2, 0) is 4.79 Å². The first-order valence-electron chi connectivity index (χ1n) is 7.04. The van der Waals surface area contributed by atoms with Crippen molar-refractivity contribution < 1.29 is 19.2 Å². The lowest BCUT2D eigenvalue weighted by Gasteiger charge is -2.24. The number of aliphatic carboxylic acids is 1. The summed E-state index contributed by atoms with van der Waals surface area (Å²) in [5.41, 5.74) is 0.574. The molecule has 2 aromatic rings. The first kappa shape index (κ1) is 17.0. The molecule has 122 valence electrons. The summed E-state index contributed by atoms with van der Waals surface area (Å²) in [5.74, 6) is -1.29. The van der Waals surface area contributed by atoms with E-state index in [1.54, 1.807) is 32.0 Å². The quantitative estimate of drug-likeness (QED) is 0.843.